The highest BCUT2D eigenvalue weighted by Gasteiger charge is 2.17. The van der Waals surface area contributed by atoms with Crippen LogP contribution in [0.3, 0.4) is 0 Å². The molecule has 19 heavy (non-hydrogen) atoms. The summed E-state index contributed by atoms with van der Waals surface area (Å²) in [4.78, 5) is 26.2. The van der Waals surface area contributed by atoms with Gasteiger partial charge in [0.25, 0.3) is 0 Å². The van der Waals surface area contributed by atoms with E-state index in [9.17, 15) is 9.59 Å². The number of carbonyl (C=O) groups excluding carboxylic acids is 1. The van der Waals surface area contributed by atoms with Crippen LogP contribution < -0.4 is 10.6 Å². The number of hydrogen-bond donors (Lipinski definition) is 3. The minimum Gasteiger partial charge on any atom is -0.480 e. The highest BCUT2D eigenvalue weighted by atomic mass is 16.4. The van der Waals surface area contributed by atoms with E-state index in [0.29, 0.717) is 6.54 Å². The summed E-state index contributed by atoms with van der Waals surface area (Å²) in [5.41, 5.74) is 0. The first-order valence-corrected chi connectivity index (χ1v) is 5.97. The molecule has 1 atom stereocenters. The maximum atomic E-state index is 11.5. The molecule has 0 spiro atoms. The zero-order valence-electron chi connectivity index (χ0n) is 10.6. The smallest absolute Gasteiger partial charge is 0.326 e. The van der Waals surface area contributed by atoms with E-state index < -0.39 is 18.0 Å². The Kier molecular flexibility index (Phi) is 6.14. The molecule has 1 aromatic rings. The van der Waals surface area contributed by atoms with Gasteiger partial charge >= 0.3 is 12.0 Å². The van der Waals surface area contributed by atoms with Gasteiger partial charge in [0.2, 0.25) is 0 Å². The maximum absolute atomic E-state index is 11.5. The average Bonchev–Trinajstić information content (AvgIpc) is 2.87. The quantitative estimate of drug-likeness (QED) is 0.474. The Hall–Kier alpha value is -2.31. The Morgan fingerprint density at radius 2 is 2.32 bits per heavy atom. The molecule has 1 rings (SSSR count). The van der Waals surface area contributed by atoms with Gasteiger partial charge in [-0.3, -0.25) is 0 Å². The van der Waals surface area contributed by atoms with Crippen molar-refractivity contribution in [2.75, 3.05) is 6.54 Å². The molecule has 0 bridgehead atoms. The third-order valence-electron chi connectivity index (χ3n) is 2.44. The van der Waals surface area contributed by atoms with Crippen LogP contribution in [0, 0.1) is 0 Å². The molecule has 7 heteroatoms. The first-order chi connectivity index (χ1) is 9.13. The first-order valence-electron chi connectivity index (χ1n) is 5.97. The van der Waals surface area contributed by atoms with Crippen molar-refractivity contribution in [1.82, 2.24) is 20.2 Å². The molecule has 1 heterocycles. The number of hydrogen-bond acceptors (Lipinski definition) is 3. The highest BCUT2D eigenvalue weighted by molar-refractivity contribution is 5.82. The number of aliphatic carboxylic acids is 1. The molecule has 0 radical (unpaired) electrons. The summed E-state index contributed by atoms with van der Waals surface area (Å²) >= 11 is 0. The highest BCUT2D eigenvalue weighted by Crippen LogP contribution is 1.93. The molecular weight excluding hydrogens is 248 g/mol. The topological polar surface area (TPSA) is 96.3 Å². The van der Waals surface area contributed by atoms with Crippen molar-refractivity contribution < 1.29 is 14.7 Å². The molecule has 0 aliphatic heterocycles. The maximum Gasteiger partial charge on any atom is 0.326 e. The van der Waals surface area contributed by atoms with Crippen molar-refractivity contribution >= 4 is 12.0 Å². The second-order valence-corrected chi connectivity index (χ2v) is 3.97. The summed E-state index contributed by atoms with van der Waals surface area (Å²) in [6.07, 6.45) is 7.61. The number of nitrogens with zero attached hydrogens (tertiary/aromatic N) is 2. The Bertz CT molecular complexity index is 417. The fourth-order valence-corrected chi connectivity index (χ4v) is 1.48. The van der Waals surface area contributed by atoms with Gasteiger partial charge < -0.3 is 20.3 Å². The molecule has 0 aliphatic carbocycles. The molecular formula is C12H18N4O3. The monoisotopic (exact) mass is 266 g/mol. The third-order valence-corrected chi connectivity index (χ3v) is 2.44. The van der Waals surface area contributed by atoms with Crippen LogP contribution in [0.1, 0.15) is 12.8 Å². The molecule has 0 aliphatic rings. The lowest BCUT2D eigenvalue weighted by Crippen LogP contribution is -2.46. The van der Waals surface area contributed by atoms with Gasteiger partial charge in [0, 0.05) is 25.5 Å². The van der Waals surface area contributed by atoms with Crippen LogP contribution in [-0.2, 0) is 11.3 Å². The van der Waals surface area contributed by atoms with Crippen LogP contribution in [0.4, 0.5) is 4.79 Å². The van der Waals surface area contributed by atoms with Gasteiger partial charge in [0.15, 0.2) is 0 Å². The van der Waals surface area contributed by atoms with E-state index in [4.69, 9.17) is 5.11 Å². The lowest BCUT2D eigenvalue weighted by atomic mass is 10.2. The zero-order chi connectivity index (χ0) is 14.1. The summed E-state index contributed by atoms with van der Waals surface area (Å²) in [6, 6.07) is -1.42. The Balaban J connectivity index is 2.19. The molecule has 0 saturated heterocycles. The Morgan fingerprint density at radius 3 is 2.89 bits per heavy atom. The van der Waals surface area contributed by atoms with Gasteiger partial charge in [-0.2, -0.15) is 0 Å². The third kappa shape index (κ3) is 5.71. The number of rotatable bonds is 8. The minimum absolute atomic E-state index is 0.192. The second kappa shape index (κ2) is 7.91. The summed E-state index contributed by atoms with van der Waals surface area (Å²) < 4.78 is 1.90. The number of carboxylic acid groups (broad SMARTS) is 1. The second-order valence-electron chi connectivity index (χ2n) is 3.97. The number of carboxylic acids is 1. The Morgan fingerprint density at radius 1 is 1.53 bits per heavy atom. The van der Waals surface area contributed by atoms with Gasteiger partial charge in [-0.15, -0.1) is 6.58 Å². The number of carbonyl (C=O) groups is 2. The van der Waals surface area contributed by atoms with E-state index in [1.54, 1.807) is 12.5 Å². The van der Waals surface area contributed by atoms with E-state index in [-0.39, 0.29) is 6.42 Å². The van der Waals surface area contributed by atoms with Gasteiger partial charge in [-0.25, -0.2) is 14.6 Å². The van der Waals surface area contributed by atoms with Crippen LogP contribution in [0.15, 0.2) is 31.4 Å². The van der Waals surface area contributed by atoms with Crippen LogP contribution in [0.25, 0.3) is 0 Å². The summed E-state index contributed by atoms with van der Waals surface area (Å²) in [5, 5.41) is 13.8. The van der Waals surface area contributed by atoms with Crippen molar-refractivity contribution in [3.05, 3.63) is 31.4 Å². The SMILES string of the molecule is C=CCC(NC(=O)NCCCn1ccnc1)C(=O)O. The van der Waals surface area contributed by atoms with E-state index >= 15 is 0 Å². The zero-order valence-corrected chi connectivity index (χ0v) is 10.6. The van der Waals surface area contributed by atoms with Crippen molar-refractivity contribution in [3.63, 3.8) is 0 Å². The number of amides is 2. The van der Waals surface area contributed by atoms with Crippen molar-refractivity contribution in [2.45, 2.75) is 25.4 Å². The average molecular weight is 266 g/mol. The number of nitrogens with one attached hydrogen (secondary N) is 2. The van der Waals surface area contributed by atoms with Crippen molar-refractivity contribution in [1.29, 1.82) is 0 Å². The molecule has 104 valence electrons. The predicted octanol–water partition coefficient (Wildman–Crippen LogP) is 0.602. The van der Waals surface area contributed by atoms with E-state index in [1.807, 2.05) is 10.8 Å². The van der Waals surface area contributed by atoms with Gasteiger partial charge in [0.05, 0.1) is 6.33 Å². The summed E-state index contributed by atoms with van der Waals surface area (Å²) in [6.45, 7) is 4.66. The van der Waals surface area contributed by atoms with Crippen LogP contribution >= 0.6 is 0 Å². The van der Waals surface area contributed by atoms with Gasteiger partial charge in [-0.1, -0.05) is 6.08 Å². The predicted molar refractivity (Wildman–Crippen MR) is 69.6 cm³/mol. The summed E-state index contributed by atoms with van der Waals surface area (Å²) in [5.74, 6) is -1.08. The molecule has 0 aromatic carbocycles. The number of aromatic nitrogens is 2. The fourth-order valence-electron chi connectivity index (χ4n) is 1.48. The minimum atomic E-state index is -1.08. The molecule has 0 fully saturated rings. The first kappa shape index (κ1) is 14.7. The van der Waals surface area contributed by atoms with Crippen LogP contribution in [0.2, 0.25) is 0 Å². The largest absolute Gasteiger partial charge is 0.480 e. The standard InChI is InChI=1S/C12H18N4O3/c1-2-4-10(11(17)18)15-12(19)14-5-3-7-16-8-6-13-9-16/h2,6,8-10H,1,3-5,7H2,(H,17,18)(H2,14,15,19). The van der Waals surface area contributed by atoms with Crippen molar-refractivity contribution in [2.24, 2.45) is 0 Å². The number of urea groups is 1. The lowest BCUT2D eigenvalue weighted by molar-refractivity contribution is -0.139. The molecule has 3 N–H and O–H groups in total. The van der Waals surface area contributed by atoms with Crippen LogP contribution in [-0.4, -0.2) is 39.2 Å². The van der Waals surface area contributed by atoms with Gasteiger partial charge in [-0.05, 0) is 12.8 Å². The van der Waals surface area contributed by atoms with Gasteiger partial charge in [0.1, 0.15) is 6.04 Å². The van der Waals surface area contributed by atoms with E-state index in [1.165, 1.54) is 6.08 Å². The molecule has 7 nitrogen and oxygen atoms in total. The number of imidazole rings is 1. The fraction of sp³-hybridized carbons (Fsp3) is 0.417. The number of aryl methyl sites for hydroxylation is 1. The Labute approximate surface area is 111 Å². The molecule has 2 amide bonds. The molecule has 1 unspecified atom stereocenters. The van der Waals surface area contributed by atoms with Crippen molar-refractivity contribution in [3.8, 4) is 0 Å². The van der Waals surface area contributed by atoms with E-state index in [0.717, 1.165) is 13.0 Å². The van der Waals surface area contributed by atoms with Crippen LogP contribution in [0.5, 0.6) is 0 Å². The van der Waals surface area contributed by atoms with E-state index in [2.05, 4.69) is 22.2 Å². The lowest BCUT2D eigenvalue weighted by Gasteiger charge is -2.13. The summed E-state index contributed by atoms with van der Waals surface area (Å²) in [7, 11) is 0. The normalized spacial score (nSPS) is 11.6. The molecule has 1 aromatic heterocycles. The molecule has 0 saturated carbocycles.